The molecule has 0 amide bonds. The first-order valence-electron chi connectivity index (χ1n) is 9.03. The first kappa shape index (κ1) is 19.1. The highest BCUT2D eigenvalue weighted by atomic mass is 16.6. The van der Waals surface area contributed by atoms with Crippen LogP contribution < -0.4 is 14.2 Å². The third kappa shape index (κ3) is 3.83. The van der Waals surface area contributed by atoms with Gasteiger partial charge in [-0.05, 0) is 24.3 Å². The Balaban J connectivity index is 1.55. The van der Waals surface area contributed by atoms with Crippen molar-refractivity contribution in [2.24, 2.45) is 0 Å². The van der Waals surface area contributed by atoms with Crippen molar-refractivity contribution in [3.8, 4) is 17.2 Å². The van der Waals surface area contributed by atoms with Gasteiger partial charge in [0.1, 0.15) is 24.5 Å². The number of carbonyl (C=O) groups excluding carboxylic acids is 2. The minimum atomic E-state index is -0.916. The van der Waals surface area contributed by atoms with Crippen LogP contribution in [-0.4, -0.2) is 29.9 Å². The first-order chi connectivity index (χ1) is 14.5. The van der Waals surface area contributed by atoms with Crippen molar-refractivity contribution < 1.29 is 28.7 Å². The molecule has 0 atom stereocenters. The van der Waals surface area contributed by atoms with E-state index in [2.05, 4.69) is 0 Å². The summed E-state index contributed by atoms with van der Waals surface area (Å²) >= 11 is 0. The molecule has 30 heavy (non-hydrogen) atoms. The molecule has 1 aliphatic rings. The Hall–Kier alpha value is -4.20. The van der Waals surface area contributed by atoms with Crippen molar-refractivity contribution in [2.75, 3.05) is 13.2 Å². The summed E-state index contributed by atoms with van der Waals surface area (Å²) in [7, 11) is 0. The van der Waals surface area contributed by atoms with Crippen molar-refractivity contribution >= 4 is 17.4 Å². The average molecular weight is 405 g/mol. The fraction of sp³-hybridized carbons (Fsp3) is 0.0909. The van der Waals surface area contributed by atoms with E-state index in [9.17, 15) is 19.7 Å². The fourth-order valence-electron chi connectivity index (χ4n) is 2.99. The molecule has 0 N–H and O–H groups in total. The van der Waals surface area contributed by atoms with Gasteiger partial charge in [0.2, 0.25) is 0 Å². The molecule has 0 bridgehead atoms. The van der Waals surface area contributed by atoms with Crippen LogP contribution >= 0.6 is 0 Å². The van der Waals surface area contributed by atoms with Crippen LogP contribution in [0.3, 0.4) is 0 Å². The molecule has 150 valence electrons. The Morgan fingerprint density at radius 2 is 1.47 bits per heavy atom. The van der Waals surface area contributed by atoms with Gasteiger partial charge in [-0.1, -0.05) is 30.3 Å². The molecule has 0 aliphatic carbocycles. The Morgan fingerprint density at radius 3 is 2.10 bits per heavy atom. The molecule has 0 aromatic heterocycles. The summed E-state index contributed by atoms with van der Waals surface area (Å²) in [5, 5.41) is 11.4. The maximum absolute atomic E-state index is 12.6. The van der Waals surface area contributed by atoms with Gasteiger partial charge in [0.25, 0.3) is 5.69 Å². The third-order valence-corrected chi connectivity index (χ3v) is 4.44. The largest absolute Gasteiger partial charge is 0.486 e. The minimum Gasteiger partial charge on any atom is -0.486 e. The molecule has 1 aliphatic heterocycles. The van der Waals surface area contributed by atoms with Crippen LogP contribution in [0.5, 0.6) is 17.2 Å². The molecular weight excluding hydrogens is 390 g/mol. The van der Waals surface area contributed by atoms with Crippen LogP contribution in [0.2, 0.25) is 0 Å². The van der Waals surface area contributed by atoms with E-state index in [1.807, 2.05) is 6.07 Å². The number of rotatable bonds is 5. The van der Waals surface area contributed by atoms with Crippen LogP contribution in [0.25, 0.3) is 0 Å². The number of hydrogen-bond acceptors (Lipinski definition) is 7. The maximum Gasteiger partial charge on any atom is 0.350 e. The van der Waals surface area contributed by atoms with Gasteiger partial charge in [0, 0.05) is 17.2 Å². The number of benzene rings is 3. The molecule has 8 nitrogen and oxygen atoms in total. The molecule has 3 aromatic rings. The van der Waals surface area contributed by atoms with Crippen LogP contribution in [0.15, 0.2) is 66.7 Å². The highest BCUT2D eigenvalue weighted by molar-refractivity contribution is 6.09. The van der Waals surface area contributed by atoms with Crippen molar-refractivity contribution in [2.45, 2.75) is 0 Å². The van der Waals surface area contributed by atoms with E-state index in [1.54, 1.807) is 24.3 Å². The van der Waals surface area contributed by atoms with E-state index in [0.717, 1.165) is 6.07 Å². The van der Waals surface area contributed by atoms with E-state index in [4.69, 9.17) is 14.2 Å². The summed E-state index contributed by atoms with van der Waals surface area (Å²) in [6, 6.07) is 17.1. The number of carbonyl (C=O) groups is 2. The lowest BCUT2D eigenvalue weighted by molar-refractivity contribution is -0.385. The minimum absolute atomic E-state index is 0.147. The number of nitro groups is 1. The second-order valence-electron chi connectivity index (χ2n) is 6.38. The van der Waals surface area contributed by atoms with Gasteiger partial charge in [-0.25, -0.2) is 4.79 Å². The molecule has 8 heteroatoms. The summed E-state index contributed by atoms with van der Waals surface area (Å²) in [5.74, 6) is -0.499. The lowest BCUT2D eigenvalue weighted by Gasteiger charge is -2.18. The van der Waals surface area contributed by atoms with E-state index >= 15 is 0 Å². The first-order valence-corrected chi connectivity index (χ1v) is 9.03. The van der Waals surface area contributed by atoms with Crippen LogP contribution in [0, 0.1) is 10.1 Å². The van der Waals surface area contributed by atoms with E-state index in [-0.39, 0.29) is 41.8 Å². The normalized spacial score (nSPS) is 12.1. The smallest absolute Gasteiger partial charge is 0.350 e. The van der Waals surface area contributed by atoms with Crippen molar-refractivity contribution in [3.05, 3.63) is 93.5 Å². The summed E-state index contributed by atoms with van der Waals surface area (Å²) in [6.45, 7) is 0.540. The second-order valence-corrected chi connectivity index (χ2v) is 6.38. The van der Waals surface area contributed by atoms with Gasteiger partial charge in [0.15, 0.2) is 17.3 Å². The van der Waals surface area contributed by atoms with Gasteiger partial charge in [0.05, 0.1) is 11.0 Å². The number of nitrogens with zero attached hydrogens (tertiary/aromatic N) is 1. The number of hydrogen-bond donors (Lipinski definition) is 0. The van der Waals surface area contributed by atoms with Gasteiger partial charge in [-0.2, -0.15) is 0 Å². The highest BCUT2D eigenvalue weighted by Gasteiger charge is 2.27. The van der Waals surface area contributed by atoms with E-state index in [1.165, 1.54) is 30.3 Å². The average Bonchev–Trinajstić information content (AvgIpc) is 2.78. The Kier molecular flexibility index (Phi) is 5.13. The zero-order valence-corrected chi connectivity index (χ0v) is 15.6. The maximum atomic E-state index is 12.6. The van der Waals surface area contributed by atoms with Crippen LogP contribution in [0.4, 0.5) is 5.69 Å². The number of nitro benzene ring substituents is 1. The predicted octanol–water partition coefficient (Wildman–Crippen LogP) is 3.82. The number of ketones is 1. The zero-order valence-electron chi connectivity index (χ0n) is 15.6. The predicted molar refractivity (Wildman–Crippen MR) is 105 cm³/mol. The quantitative estimate of drug-likeness (QED) is 0.209. The van der Waals surface area contributed by atoms with E-state index in [0.29, 0.717) is 11.1 Å². The number of fused-ring (bicyclic) bond motifs is 1. The molecule has 0 unspecified atom stereocenters. The van der Waals surface area contributed by atoms with Gasteiger partial charge < -0.3 is 14.2 Å². The van der Waals surface area contributed by atoms with Gasteiger partial charge >= 0.3 is 5.97 Å². The summed E-state index contributed by atoms with van der Waals surface area (Å²) in [5.41, 5.74) is 0.259. The number of ether oxygens (including phenoxy) is 3. The van der Waals surface area contributed by atoms with Crippen molar-refractivity contribution in [1.82, 2.24) is 0 Å². The van der Waals surface area contributed by atoms with Gasteiger partial charge in [-0.15, -0.1) is 0 Å². The number of esters is 1. The van der Waals surface area contributed by atoms with Crippen LogP contribution in [0.1, 0.15) is 26.3 Å². The highest BCUT2D eigenvalue weighted by Crippen LogP contribution is 2.37. The standard InChI is InChI=1S/C22H15NO7/c24-21(14-4-2-1-3-5-14)15-6-8-16(9-7-15)30-22(25)17-12-19-20(29-11-10-28-19)13-18(17)23(26)27/h1-9,12-13H,10-11H2. The molecule has 4 rings (SSSR count). The second kappa shape index (κ2) is 8.04. The van der Waals surface area contributed by atoms with Crippen molar-refractivity contribution in [1.29, 1.82) is 0 Å². The molecular formula is C22H15NO7. The summed E-state index contributed by atoms with van der Waals surface area (Å²) in [4.78, 5) is 35.7. The van der Waals surface area contributed by atoms with E-state index < -0.39 is 16.6 Å². The van der Waals surface area contributed by atoms with Crippen molar-refractivity contribution in [3.63, 3.8) is 0 Å². The topological polar surface area (TPSA) is 105 Å². The lowest BCUT2D eigenvalue weighted by Crippen LogP contribution is -2.18. The molecule has 0 radical (unpaired) electrons. The lowest BCUT2D eigenvalue weighted by atomic mass is 10.0. The zero-order chi connectivity index (χ0) is 21.1. The molecule has 0 saturated heterocycles. The third-order valence-electron chi connectivity index (χ3n) is 4.44. The molecule has 0 saturated carbocycles. The fourth-order valence-corrected chi connectivity index (χ4v) is 2.99. The SMILES string of the molecule is O=C(c1ccccc1)c1ccc(OC(=O)c2cc3c(cc2[N+](=O)[O-])OCCO3)cc1. The monoisotopic (exact) mass is 405 g/mol. The molecule has 0 spiro atoms. The molecule has 3 aromatic carbocycles. The Bertz CT molecular complexity index is 1120. The molecule has 1 heterocycles. The van der Waals surface area contributed by atoms with Gasteiger partial charge in [-0.3, -0.25) is 14.9 Å². The molecule has 0 fully saturated rings. The summed E-state index contributed by atoms with van der Waals surface area (Å²) in [6.07, 6.45) is 0. The van der Waals surface area contributed by atoms with Crippen LogP contribution in [-0.2, 0) is 0 Å². The Morgan fingerprint density at radius 1 is 0.867 bits per heavy atom. The summed E-state index contributed by atoms with van der Waals surface area (Å²) < 4.78 is 16.0. The Labute approximate surface area is 170 Å².